The van der Waals surface area contributed by atoms with Crippen LogP contribution in [-0.4, -0.2) is 16.1 Å². The normalized spacial score (nSPS) is 13.1. The first-order valence-electron chi connectivity index (χ1n) is 9.60. The summed E-state index contributed by atoms with van der Waals surface area (Å²) in [7, 11) is 0. The van der Waals surface area contributed by atoms with E-state index in [1.807, 2.05) is 53.1 Å². The Morgan fingerprint density at radius 2 is 1.53 bits per heavy atom. The van der Waals surface area contributed by atoms with Gasteiger partial charge in [0, 0.05) is 21.0 Å². The van der Waals surface area contributed by atoms with Crippen molar-refractivity contribution in [2.45, 2.75) is 6.54 Å². The van der Waals surface area contributed by atoms with Crippen LogP contribution in [0.2, 0.25) is 0 Å². The Hall–Kier alpha value is -3.44. The standard InChI is InChI=1S/C25H14BrNO3/c26-15-10-11-18-19(12-15)27(13-14-6-2-1-3-7-14)25-20(18)21-22(28)16-8-4-5-9-17(16)23(29)24(21)30-25/h1-12H,13H2. The lowest BCUT2D eigenvalue weighted by Gasteiger charge is -2.13. The van der Waals surface area contributed by atoms with E-state index in [0.717, 1.165) is 20.9 Å². The average molecular weight is 456 g/mol. The molecule has 3 aromatic carbocycles. The molecule has 0 radical (unpaired) electrons. The average Bonchev–Trinajstić information content (AvgIpc) is 3.29. The van der Waals surface area contributed by atoms with Crippen molar-refractivity contribution < 1.29 is 14.0 Å². The van der Waals surface area contributed by atoms with Gasteiger partial charge >= 0.3 is 0 Å². The Balaban J connectivity index is 1.70. The summed E-state index contributed by atoms with van der Waals surface area (Å²) in [5.74, 6) is -0.274. The number of carbonyl (C=O) groups excluding carboxylic acids is 2. The summed E-state index contributed by atoms with van der Waals surface area (Å²) in [6.45, 7) is 0.568. The molecule has 6 rings (SSSR count). The fourth-order valence-corrected chi connectivity index (χ4v) is 4.69. The van der Waals surface area contributed by atoms with E-state index in [2.05, 4.69) is 15.9 Å². The van der Waals surface area contributed by atoms with E-state index >= 15 is 0 Å². The molecule has 0 spiro atoms. The third-order valence-electron chi connectivity index (χ3n) is 5.69. The van der Waals surface area contributed by atoms with Crippen molar-refractivity contribution >= 4 is 49.5 Å². The number of fused-ring (bicyclic) bond motifs is 6. The van der Waals surface area contributed by atoms with Crippen LogP contribution >= 0.6 is 15.9 Å². The van der Waals surface area contributed by atoms with Crippen LogP contribution in [0.3, 0.4) is 0 Å². The SMILES string of the molecule is O=C1c2ccccc2C(=O)c2c1oc1c2c2ccc(Br)cc2n1Cc1ccccc1. The van der Waals surface area contributed by atoms with Crippen LogP contribution < -0.4 is 0 Å². The van der Waals surface area contributed by atoms with Crippen LogP contribution in [-0.2, 0) is 6.54 Å². The number of carbonyl (C=O) groups is 2. The zero-order chi connectivity index (χ0) is 20.4. The Labute approximate surface area is 179 Å². The van der Waals surface area contributed by atoms with Crippen LogP contribution in [0.1, 0.15) is 37.6 Å². The van der Waals surface area contributed by atoms with Crippen LogP contribution in [0.5, 0.6) is 0 Å². The summed E-state index contributed by atoms with van der Waals surface area (Å²) in [5, 5.41) is 1.60. The highest BCUT2D eigenvalue weighted by Crippen LogP contribution is 2.41. The summed E-state index contributed by atoms with van der Waals surface area (Å²) in [6, 6.07) is 22.9. The van der Waals surface area contributed by atoms with Crippen molar-refractivity contribution in [1.29, 1.82) is 0 Å². The van der Waals surface area contributed by atoms with Gasteiger partial charge in [-0.05, 0) is 17.7 Å². The van der Waals surface area contributed by atoms with Gasteiger partial charge in [0.15, 0.2) is 11.5 Å². The van der Waals surface area contributed by atoms with Gasteiger partial charge in [-0.3, -0.25) is 9.59 Å². The number of benzene rings is 3. The molecule has 0 fully saturated rings. The number of ketones is 2. The minimum absolute atomic E-state index is 0.135. The molecule has 5 heteroatoms. The van der Waals surface area contributed by atoms with Crippen molar-refractivity contribution in [2.75, 3.05) is 0 Å². The van der Waals surface area contributed by atoms with E-state index < -0.39 is 0 Å². The maximum Gasteiger partial charge on any atom is 0.229 e. The maximum absolute atomic E-state index is 13.4. The second-order valence-electron chi connectivity index (χ2n) is 7.42. The molecule has 1 aliphatic carbocycles. The predicted molar refractivity (Wildman–Crippen MR) is 118 cm³/mol. The topological polar surface area (TPSA) is 52.2 Å². The third kappa shape index (κ3) is 2.33. The molecule has 5 aromatic rings. The largest absolute Gasteiger partial charge is 0.435 e. The molecule has 2 heterocycles. The minimum Gasteiger partial charge on any atom is -0.435 e. The maximum atomic E-state index is 13.4. The smallest absolute Gasteiger partial charge is 0.229 e. The third-order valence-corrected chi connectivity index (χ3v) is 6.18. The number of rotatable bonds is 2. The number of hydrogen-bond acceptors (Lipinski definition) is 3. The van der Waals surface area contributed by atoms with E-state index in [9.17, 15) is 9.59 Å². The Kier molecular flexibility index (Phi) is 3.65. The number of aromatic nitrogens is 1. The zero-order valence-electron chi connectivity index (χ0n) is 15.7. The van der Waals surface area contributed by atoms with Gasteiger partial charge in [0.05, 0.1) is 23.0 Å². The van der Waals surface area contributed by atoms with Crippen molar-refractivity contribution in [2.24, 2.45) is 0 Å². The van der Waals surface area contributed by atoms with Gasteiger partial charge in [-0.15, -0.1) is 0 Å². The lowest BCUT2D eigenvalue weighted by molar-refractivity contribution is 0.0962. The molecule has 0 N–H and O–H groups in total. The van der Waals surface area contributed by atoms with Crippen molar-refractivity contribution in [1.82, 2.24) is 4.57 Å². The van der Waals surface area contributed by atoms with Gasteiger partial charge in [-0.2, -0.15) is 0 Å². The van der Waals surface area contributed by atoms with E-state index in [0.29, 0.717) is 34.3 Å². The number of furan rings is 1. The fraction of sp³-hybridized carbons (Fsp3) is 0.0400. The molecule has 0 saturated heterocycles. The number of halogens is 1. The van der Waals surface area contributed by atoms with Gasteiger partial charge in [-0.25, -0.2) is 0 Å². The van der Waals surface area contributed by atoms with Crippen molar-refractivity contribution in [3.63, 3.8) is 0 Å². The first-order chi connectivity index (χ1) is 14.6. The Bertz CT molecular complexity index is 1510. The Morgan fingerprint density at radius 1 is 0.833 bits per heavy atom. The number of hydrogen-bond donors (Lipinski definition) is 0. The van der Waals surface area contributed by atoms with Gasteiger partial charge < -0.3 is 8.98 Å². The summed E-state index contributed by atoms with van der Waals surface area (Å²) < 4.78 is 9.11. The summed E-state index contributed by atoms with van der Waals surface area (Å²) in [5.41, 5.74) is 3.79. The van der Waals surface area contributed by atoms with Crippen LogP contribution in [0, 0.1) is 0 Å². The van der Waals surface area contributed by atoms with Gasteiger partial charge in [-0.1, -0.05) is 76.6 Å². The summed E-state index contributed by atoms with van der Waals surface area (Å²) in [4.78, 5) is 26.5. The molecule has 2 aromatic heterocycles. The highest BCUT2D eigenvalue weighted by atomic mass is 79.9. The van der Waals surface area contributed by atoms with Crippen LogP contribution in [0.4, 0.5) is 0 Å². The van der Waals surface area contributed by atoms with Gasteiger partial charge in [0.2, 0.25) is 11.5 Å². The zero-order valence-corrected chi connectivity index (χ0v) is 17.3. The molecule has 0 amide bonds. The second-order valence-corrected chi connectivity index (χ2v) is 8.34. The first kappa shape index (κ1) is 17.4. The highest BCUT2D eigenvalue weighted by molar-refractivity contribution is 9.10. The highest BCUT2D eigenvalue weighted by Gasteiger charge is 2.37. The molecular formula is C25H14BrNO3. The van der Waals surface area contributed by atoms with Crippen LogP contribution in [0.25, 0.3) is 22.0 Å². The molecular weight excluding hydrogens is 442 g/mol. The Morgan fingerprint density at radius 3 is 2.30 bits per heavy atom. The van der Waals surface area contributed by atoms with E-state index in [-0.39, 0.29) is 17.3 Å². The minimum atomic E-state index is -0.243. The number of nitrogens with zero attached hydrogens (tertiary/aromatic N) is 1. The van der Waals surface area contributed by atoms with Gasteiger partial charge in [0.1, 0.15) is 0 Å². The van der Waals surface area contributed by atoms with E-state index in [1.165, 1.54) is 0 Å². The summed E-state index contributed by atoms with van der Waals surface area (Å²) in [6.07, 6.45) is 0. The fourth-order valence-electron chi connectivity index (χ4n) is 4.34. The second kappa shape index (κ2) is 6.28. The molecule has 0 aliphatic heterocycles. The lowest BCUT2D eigenvalue weighted by Crippen LogP contribution is -2.19. The molecule has 0 saturated carbocycles. The van der Waals surface area contributed by atoms with E-state index in [1.54, 1.807) is 24.3 Å². The monoisotopic (exact) mass is 455 g/mol. The van der Waals surface area contributed by atoms with Crippen LogP contribution in [0.15, 0.2) is 81.7 Å². The molecule has 0 unspecified atom stereocenters. The first-order valence-corrected chi connectivity index (χ1v) is 10.4. The quantitative estimate of drug-likeness (QED) is 0.323. The van der Waals surface area contributed by atoms with E-state index in [4.69, 9.17) is 4.42 Å². The predicted octanol–water partition coefficient (Wildman–Crippen LogP) is 5.97. The van der Waals surface area contributed by atoms with Crippen molar-refractivity contribution in [3.8, 4) is 0 Å². The molecule has 144 valence electrons. The molecule has 30 heavy (non-hydrogen) atoms. The molecule has 0 bridgehead atoms. The van der Waals surface area contributed by atoms with Gasteiger partial charge in [0.25, 0.3) is 0 Å². The molecule has 0 atom stereocenters. The lowest BCUT2D eigenvalue weighted by atomic mass is 9.87. The molecule has 4 nitrogen and oxygen atoms in total. The van der Waals surface area contributed by atoms with Crippen molar-refractivity contribution in [3.05, 3.63) is 105 Å². The molecule has 1 aliphatic rings. The summed E-state index contributed by atoms with van der Waals surface area (Å²) >= 11 is 3.55.